The van der Waals surface area contributed by atoms with Crippen LogP contribution in [0.5, 0.6) is 5.75 Å². The van der Waals surface area contributed by atoms with Crippen molar-refractivity contribution < 1.29 is 27.5 Å². The van der Waals surface area contributed by atoms with Crippen molar-refractivity contribution in [2.45, 2.75) is 6.36 Å². The number of halogens is 3. The number of alkyl halides is 3. The van der Waals surface area contributed by atoms with Gasteiger partial charge in [-0.2, -0.15) is 0 Å². The maximum atomic E-state index is 12.1. The molecule has 2 amide bonds. The first-order valence-corrected chi connectivity index (χ1v) is 4.71. The van der Waals surface area contributed by atoms with Gasteiger partial charge in [0.1, 0.15) is 0 Å². The molecular formula is C10H9F3N2O3. The molecule has 0 aromatic heterocycles. The number of amides is 2. The van der Waals surface area contributed by atoms with Gasteiger partial charge in [0, 0.05) is 7.05 Å². The Kier molecular flexibility index (Phi) is 4.13. The van der Waals surface area contributed by atoms with Crippen molar-refractivity contribution in [1.82, 2.24) is 5.32 Å². The third-order valence-electron chi connectivity index (χ3n) is 1.79. The van der Waals surface area contributed by atoms with Crippen LogP contribution in [0.4, 0.5) is 18.9 Å². The lowest BCUT2D eigenvalue weighted by molar-refractivity contribution is -0.274. The molecule has 5 nitrogen and oxygen atoms in total. The van der Waals surface area contributed by atoms with E-state index in [9.17, 15) is 22.8 Å². The molecule has 1 aromatic carbocycles. The lowest BCUT2D eigenvalue weighted by atomic mass is 10.3. The predicted molar refractivity (Wildman–Crippen MR) is 55.8 cm³/mol. The lowest BCUT2D eigenvalue weighted by Crippen LogP contribution is -2.33. The molecule has 98 valence electrons. The van der Waals surface area contributed by atoms with Gasteiger partial charge in [-0.15, -0.1) is 13.2 Å². The van der Waals surface area contributed by atoms with E-state index in [4.69, 9.17) is 0 Å². The van der Waals surface area contributed by atoms with E-state index in [0.717, 1.165) is 6.07 Å². The van der Waals surface area contributed by atoms with Crippen molar-refractivity contribution in [3.8, 4) is 5.75 Å². The number of carbonyl (C=O) groups is 2. The fourth-order valence-corrected chi connectivity index (χ4v) is 1.08. The molecule has 0 aliphatic rings. The Balaban J connectivity index is 2.89. The van der Waals surface area contributed by atoms with Gasteiger partial charge in [0.2, 0.25) is 0 Å². The van der Waals surface area contributed by atoms with Crippen LogP contribution in [0, 0.1) is 0 Å². The highest BCUT2D eigenvalue weighted by Gasteiger charge is 2.32. The second-order valence-corrected chi connectivity index (χ2v) is 3.08. The number of benzene rings is 1. The molecule has 0 heterocycles. The van der Waals surface area contributed by atoms with Gasteiger partial charge in [-0.3, -0.25) is 9.59 Å². The molecule has 0 saturated heterocycles. The molecule has 2 N–H and O–H groups in total. The number of rotatable bonds is 2. The van der Waals surface area contributed by atoms with E-state index in [2.05, 4.69) is 4.74 Å². The van der Waals surface area contributed by atoms with Crippen molar-refractivity contribution >= 4 is 17.5 Å². The number of anilines is 1. The highest BCUT2D eigenvalue weighted by molar-refractivity contribution is 6.39. The summed E-state index contributed by atoms with van der Waals surface area (Å²) in [4.78, 5) is 22.1. The molecule has 18 heavy (non-hydrogen) atoms. The van der Waals surface area contributed by atoms with Gasteiger partial charge in [-0.1, -0.05) is 12.1 Å². The van der Waals surface area contributed by atoms with E-state index in [1.807, 2.05) is 10.6 Å². The smallest absolute Gasteiger partial charge is 0.404 e. The van der Waals surface area contributed by atoms with Gasteiger partial charge in [-0.05, 0) is 12.1 Å². The fraction of sp³-hybridized carbons (Fsp3) is 0.200. The van der Waals surface area contributed by atoms with Crippen LogP contribution < -0.4 is 15.4 Å². The van der Waals surface area contributed by atoms with E-state index in [1.165, 1.54) is 25.2 Å². The van der Waals surface area contributed by atoms with Crippen LogP contribution in [0.15, 0.2) is 24.3 Å². The lowest BCUT2D eigenvalue weighted by Gasteiger charge is -2.13. The first-order valence-electron chi connectivity index (χ1n) is 4.71. The summed E-state index contributed by atoms with van der Waals surface area (Å²) >= 11 is 0. The molecule has 0 aliphatic heterocycles. The number of para-hydroxylation sites is 2. The summed E-state index contributed by atoms with van der Waals surface area (Å²) in [6, 6.07) is 4.90. The highest BCUT2D eigenvalue weighted by atomic mass is 19.4. The molecule has 8 heteroatoms. The predicted octanol–water partition coefficient (Wildman–Crippen LogP) is 1.27. The Morgan fingerprint density at radius 2 is 1.78 bits per heavy atom. The second-order valence-electron chi connectivity index (χ2n) is 3.08. The topological polar surface area (TPSA) is 67.4 Å². The SMILES string of the molecule is CNC(=O)C(=O)Nc1ccccc1OC(F)(F)F. The average Bonchev–Trinajstić information content (AvgIpc) is 2.28. The molecule has 0 fully saturated rings. The summed E-state index contributed by atoms with van der Waals surface area (Å²) in [7, 11) is 1.22. The highest BCUT2D eigenvalue weighted by Crippen LogP contribution is 2.29. The monoisotopic (exact) mass is 262 g/mol. The van der Waals surface area contributed by atoms with Crippen LogP contribution in [-0.4, -0.2) is 25.2 Å². The van der Waals surface area contributed by atoms with Crippen LogP contribution in [0.1, 0.15) is 0 Å². The zero-order valence-corrected chi connectivity index (χ0v) is 9.17. The zero-order valence-electron chi connectivity index (χ0n) is 9.17. The first kappa shape index (κ1) is 13.8. The third-order valence-corrected chi connectivity index (χ3v) is 1.79. The van der Waals surface area contributed by atoms with Gasteiger partial charge >= 0.3 is 18.2 Å². The number of hydrogen-bond donors (Lipinski definition) is 2. The Labute approximate surface area is 99.9 Å². The normalized spacial score (nSPS) is 10.7. The van der Waals surface area contributed by atoms with Crippen molar-refractivity contribution in [2.75, 3.05) is 12.4 Å². The summed E-state index contributed by atoms with van der Waals surface area (Å²) in [6.07, 6.45) is -4.88. The minimum atomic E-state index is -4.88. The Morgan fingerprint density at radius 3 is 2.33 bits per heavy atom. The summed E-state index contributed by atoms with van der Waals surface area (Å²) in [5, 5.41) is 4.05. The number of likely N-dealkylation sites (N-methyl/N-ethyl adjacent to an activating group) is 1. The van der Waals surface area contributed by atoms with Gasteiger partial charge < -0.3 is 15.4 Å². The van der Waals surface area contributed by atoms with Gasteiger partial charge in [0.05, 0.1) is 5.69 Å². The Morgan fingerprint density at radius 1 is 1.17 bits per heavy atom. The minimum absolute atomic E-state index is 0.247. The molecule has 0 unspecified atom stereocenters. The van der Waals surface area contributed by atoms with E-state index in [1.54, 1.807) is 0 Å². The molecule has 0 radical (unpaired) electrons. The Bertz CT molecular complexity index is 460. The number of hydrogen-bond acceptors (Lipinski definition) is 3. The Hall–Kier alpha value is -2.25. The van der Waals surface area contributed by atoms with Crippen molar-refractivity contribution in [3.63, 3.8) is 0 Å². The fourth-order valence-electron chi connectivity index (χ4n) is 1.08. The molecule has 1 rings (SSSR count). The van der Waals surface area contributed by atoms with E-state index >= 15 is 0 Å². The summed E-state index contributed by atoms with van der Waals surface area (Å²) in [6.45, 7) is 0. The minimum Gasteiger partial charge on any atom is -0.404 e. The maximum absolute atomic E-state index is 12.1. The number of ether oxygens (including phenoxy) is 1. The number of nitrogens with one attached hydrogen (secondary N) is 2. The standard InChI is InChI=1S/C10H9F3N2O3/c1-14-8(16)9(17)15-6-4-2-3-5-7(6)18-10(11,12)13/h2-5H,1H3,(H,14,16)(H,15,17). The van der Waals surface area contributed by atoms with Crippen molar-refractivity contribution in [3.05, 3.63) is 24.3 Å². The largest absolute Gasteiger partial charge is 0.573 e. The molecule has 0 atom stereocenters. The van der Waals surface area contributed by atoms with Crippen LogP contribution in [0.25, 0.3) is 0 Å². The van der Waals surface area contributed by atoms with E-state index in [0.29, 0.717) is 0 Å². The van der Waals surface area contributed by atoms with Gasteiger partial charge in [0.15, 0.2) is 5.75 Å². The van der Waals surface area contributed by atoms with Crippen LogP contribution in [0.3, 0.4) is 0 Å². The molecule has 0 aliphatic carbocycles. The summed E-state index contributed by atoms with van der Waals surface area (Å²) in [5.41, 5.74) is -0.247. The summed E-state index contributed by atoms with van der Waals surface area (Å²) in [5.74, 6) is -2.66. The average molecular weight is 262 g/mol. The molecule has 1 aromatic rings. The van der Waals surface area contributed by atoms with E-state index in [-0.39, 0.29) is 5.69 Å². The zero-order chi connectivity index (χ0) is 13.8. The first-order chi connectivity index (χ1) is 8.33. The van der Waals surface area contributed by atoms with Gasteiger partial charge in [-0.25, -0.2) is 0 Å². The maximum Gasteiger partial charge on any atom is 0.573 e. The summed E-state index contributed by atoms with van der Waals surface area (Å²) < 4.78 is 39.9. The molecule has 0 bridgehead atoms. The van der Waals surface area contributed by atoms with Crippen molar-refractivity contribution in [1.29, 1.82) is 0 Å². The van der Waals surface area contributed by atoms with Crippen LogP contribution in [0.2, 0.25) is 0 Å². The van der Waals surface area contributed by atoms with Crippen molar-refractivity contribution in [2.24, 2.45) is 0 Å². The number of carbonyl (C=O) groups excluding carboxylic acids is 2. The quantitative estimate of drug-likeness (QED) is 0.789. The second kappa shape index (κ2) is 5.39. The van der Waals surface area contributed by atoms with E-state index < -0.39 is 23.9 Å². The van der Waals surface area contributed by atoms with Crippen LogP contribution >= 0.6 is 0 Å². The van der Waals surface area contributed by atoms with Gasteiger partial charge in [0.25, 0.3) is 0 Å². The molecular weight excluding hydrogens is 253 g/mol. The third kappa shape index (κ3) is 3.96. The van der Waals surface area contributed by atoms with Crippen LogP contribution in [-0.2, 0) is 9.59 Å². The molecule has 0 spiro atoms. The molecule has 0 saturated carbocycles.